The lowest BCUT2D eigenvalue weighted by atomic mass is 10.0. The summed E-state index contributed by atoms with van der Waals surface area (Å²) in [5, 5.41) is 11.8. The van der Waals surface area contributed by atoms with Crippen molar-refractivity contribution in [2.45, 2.75) is 347 Å². The van der Waals surface area contributed by atoms with Gasteiger partial charge in [-0.05, 0) is 38.5 Å². The summed E-state index contributed by atoms with van der Waals surface area (Å²) >= 11 is 0. The molecule has 0 fully saturated rings. The van der Waals surface area contributed by atoms with Gasteiger partial charge in [-0.3, -0.25) is 9.59 Å². The molecule has 0 aromatic carbocycles. The molecule has 0 aliphatic rings. The van der Waals surface area contributed by atoms with E-state index in [0.29, 0.717) is 17.4 Å². The van der Waals surface area contributed by atoms with Crippen LogP contribution in [0.2, 0.25) is 0 Å². The number of quaternary nitrogens is 1. The number of carboxylic acid groups (broad SMARTS) is 1. The fourth-order valence-corrected chi connectivity index (χ4v) is 9.95. The molecule has 0 amide bonds. The van der Waals surface area contributed by atoms with Crippen molar-refractivity contribution in [3.63, 3.8) is 0 Å². The highest BCUT2D eigenvalue weighted by atomic mass is 16.7. The molecule has 0 aliphatic carbocycles. The number of hydrogen-bond donors (Lipinski definition) is 0. The summed E-state index contributed by atoms with van der Waals surface area (Å²) in [4.78, 5) is 37.4. The van der Waals surface area contributed by atoms with Crippen LogP contribution in [0, 0.1) is 0 Å². The number of carbonyl (C=O) groups is 3. The van der Waals surface area contributed by atoms with E-state index in [0.717, 1.165) is 38.5 Å². The van der Waals surface area contributed by atoms with E-state index in [1.165, 1.54) is 270 Å². The standard InChI is InChI=1S/C66H127NO8/c1-6-8-10-12-14-16-18-20-22-24-26-28-30-31-32-33-35-37-39-41-43-45-47-49-51-53-55-57-64(69)75-62(61-74-66(65(70)71)72-59-58-67(3,4)5)60-73-63(68)56-54-52-50-48-46-44-42-40-38-36-34-29-27-25-23-21-19-17-15-13-11-9-7-2/h24,26,62,66H,6-23,25,27-61H2,1-5H3/b26-24-. The van der Waals surface area contributed by atoms with Gasteiger partial charge in [0.25, 0.3) is 0 Å². The van der Waals surface area contributed by atoms with E-state index in [2.05, 4.69) is 26.0 Å². The molecule has 0 aromatic rings. The monoisotopic (exact) mass is 1060 g/mol. The van der Waals surface area contributed by atoms with Crippen LogP contribution in [0.5, 0.6) is 0 Å². The summed E-state index contributed by atoms with van der Waals surface area (Å²) in [6.45, 7) is 4.82. The Bertz CT molecular complexity index is 1240. The van der Waals surface area contributed by atoms with Gasteiger partial charge < -0.3 is 33.3 Å². The van der Waals surface area contributed by atoms with Crippen LogP contribution in [0.15, 0.2) is 12.2 Å². The van der Waals surface area contributed by atoms with E-state index < -0.39 is 24.3 Å². The zero-order valence-corrected chi connectivity index (χ0v) is 50.7. The molecule has 0 aliphatic heterocycles. The van der Waals surface area contributed by atoms with Gasteiger partial charge in [-0.25, -0.2) is 0 Å². The van der Waals surface area contributed by atoms with Crippen molar-refractivity contribution >= 4 is 17.9 Å². The number of nitrogens with zero attached hydrogens (tertiary/aromatic N) is 1. The van der Waals surface area contributed by atoms with Gasteiger partial charge in [0.05, 0.1) is 40.3 Å². The summed E-state index contributed by atoms with van der Waals surface area (Å²) in [5.41, 5.74) is 0. The summed E-state index contributed by atoms with van der Waals surface area (Å²) in [6, 6.07) is 0. The lowest BCUT2D eigenvalue weighted by Crippen LogP contribution is -2.44. The molecule has 0 bridgehead atoms. The van der Waals surface area contributed by atoms with Gasteiger partial charge in [0.2, 0.25) is 0 Å². The first-order valence-electron chi connectivity index (χ1n) is 32.8. The van der Waals surface area contributed by atoms with Crippen LogP contribution in [0.25, 0.3) is 0 Å². The average molecular weight is 1060 g/mol. The van der Waals surface area contributed by atoms with Gasteiger partial charge in [0.15, 0.2) is 12.4 Å². The Morgan fingerprint density at radius 3 is 0.987 bits per heavy atom. The molecule has 444 valence electrons. The fourth-order valence-electron chi connectivity index (χ4n) is 9.95. The van der Waals surface area contributed by atoms with Crippen LogP contribution in [-0.4, -0.2) is 82.3 Å². The molecule has 0 N–H and O–H groups in total. The quantitative estimate of drug-likeness (QED) is 0.0195. The lowest BCUT2D eigenvalue weighted by Gasteiger charge is -2.26. The third kappa shape index (κ3) is 59.5. The maximum absolute atomic E-state index is 12.9. The van der Waals surface area contributed by atoms with Crippen molar-refractivity contribution in [3.8, 4) is 0 Å². The molecule has 0 rings (SSSR count). The number of carbonyl (C=O) groups excluding carboxylic acids is 3. The van der Waals surface area contributed by atoms with Crippen LogP contribution in [0.1, 0.15) is 335 Å². The molecule has 0 radical (unpaired) electrons. The Kier molecular flexibility index (Phi) is 56.7. The van der Waals surface area contributed by atoms with E-state index in [-0.39, 0.29) is 32.2 Å². The first-order chi connectivity index (χ1) is 36.6. The number of ether oxygens (including phenoxy) is 4. The minimum absolute atomic E-state index is 0.152. The van der Waals surface area contributed by atoms with Crippen molar-refractivity contribution < 1.29 is 42.9 Å². The third-order valence-electron chi connectivity index (χ3n) is 15.0. The molecule has 0 spiro atoms. The Balaban J connectivity index is 4.11. The molecule has 0 saturated carbocycles. The molecule has 9 heteroatoms. The van der Waals surface area contributed by atoms with Crippen molar-refractivity contribution in [1.82, 2.24) is 0 Å². The topological polar surface area (TPSA) is 111 Å². The minimum Gasteiger partial charge on any atom is -0.545 e. The van der Waals surface area contributed by atoms with Crippen LogP contribution in [0.3, 0.4) is 0 Å². The maximum Gasteiger partial charge on any atom is 0.306 e. The molecule has 9 nitrogen and oxygen atoms in total. The Morgan fingerprint density at radius 2 is 0.680 bits per heavy atom. The smallest absolute Gasteiger partial charge is 0.306 e. The minimum atomic E-state index is -1.62. The van der Waals surface area contributed by atoms with E-state index in [1.807, 2.05) is 21.1 Å². The number of unbranched alkanes of at least 4 members (excludes halogenated alkanes) is 45. The number of likely N-dealkylation sites (N-methyl/N-ethyl adjacent to an activating group) is 1. The van der Waals surface area contributed by atoms with Gasteiger partial charge in [0, 0.05) is 12.8 Å². The van der Waals surface area contributed by atoms with Crippen LogP contribution >= 0.6 is 0 Å². The second-order valence-corrected chi connectivity index (χ2v) is 23.8. The maximum atomic E-state index is 12.9. The van der Waals surface area contributed by atoms with E-state index >= 15 is 0 Å². The third-order valence-corrected chi connectivity index (χ3v) is 15.0. The van der Waals surface area contributed by atoms with Crippen LogP contribution in [0.4, 0.5) is 0 Å². The molecule has 0 aromatic heterocycles. The van der Waals surface area contributed by atoms with E-state index in [1.54, 1.807) is 0 Å². The Labute approximate surface area is 465 Å². The molecule has 0 heterocycles. The summed E-state index contributed by atoms with van der Waals surface area (Å²) < 4.78 is 22.8. The number of aliphatic carboxylic acids is 1. The molecule has 0 saturated heterocycles. The van der Waals surface area contributed by atoms with Gasteiger partial charge in [0.1, 0.15) is 13.2 Å². The van der Waals surface area contributed by atoms with Gasteiger partial charge in [-0.2, -0.15) is 0 Å². The number of esters is 2. The predicted molar refractivity (Wildman–Crippen MR) is 316 cm³/mol. The van der Waals surface area contributed by atoms with Crippen molar-refractivity contribution in [1.29, 1.82) is 0 Å². The van der Waals surface area contributed by atoms with Crippen molar-refractivity contribution in [3.05, 3.63) is 12.2 Å². The summed E-state index contributed by atoms with van der Waals surface area (Å²) in [6.07, 6.45) is 65.7. The highest BCUT2D eigenvalue weighted by molar-refractivity contribution is 5.70. The molecular weight excluding hydrogens is 935 g/mol. The SMILES string of the molecule is CCCCCCCCCC/C=C\CCCCCCCCCCCCCCCCCC(=O)OC(COC(=O)CCCCCCCCCCCCCCCCCCCCCCCCC)COC(OCC[N+](C)(C)C)C(=O)[O-]. The second-order valence-electron chi connectivity index (χ2n) is 23.8. The van der Waals surface area contributed by atoms with Gasteiger partial charge in [-0.15, -0.1) is 0 Å². The first kappa shape index (κ1) is 73.0. The van der Waals surface area contributed by atoms with E-state index in [9.17, 15) is 19.5 Å². The van der Waals surface area contributed by atoms with Gasteiger partial charge >= 0.3 is 11.9 Å². The molecule has 2 unspecified atom stereocenters. The van der Waals surface area contributed by atoms with Gasteiger partial charge in [-0.1, -0.05) is 296 Å². The fraction of sp³-hybridized carbons (Fsp3) is 0.924. The highest BCUT2D eigenvalue weighted by Gasteiger charge is 2.22. The number of carboxylic acids is 1. The molecule has 75 heavy (non-hydrogen) atoms. The van der Waals surface area contributed by atoms with Crippen molar-refractivity contribution in [2.75, 3.05) is 47.5 Å². The summed E-state index contributed by atoms with van der Waals surface area (Å²) in [7, 11) is 5.94. The first-order valence-corrected chi connectivity index (χ1v) is 32.8. The van der Waals surface area contributed by atoms with Crippen LogP contribution in [-0.2, 0) is 33.3 Å². The molecule has 2 atom stereocenters. The number of allylic oxidation sites excluding steroid dienone is 2. The molecular formula is C66H127NO8. The van der Waals surface area contributed by atoms with Crippen LogP contribution < -0.4 is 5.11 Å². The Morgan fingerprint density at radius 1 is 0.387 bits per heavy atom. The van der Waals surface area contributed by atoms with E-state index in [4.69, 9.17) is 18.9 Å². The number of rotatable bonds is 62. The Hall–Kier alpha value is -1.97. The number of hydrogen-bond acceptors (Lipinski definition) is 8. The lowest BCUT2D eigenvalue weighted by molar-refractivity contribution is -0.870. The largest absolute Gasteiger partial charge is 0.545 e. The second kappa shape index (κ2) is 58.2. The average Bonchev–Trinajstić information content (AvgIpc) is 3.38. The zero-order chi connectivity index (χ0) is 54.8. The zero-order valence-electron chi connectivity index (χ0n) is 50.7. The normalized spacial score (nSPS) is 12.7. The highest BCUT2D eigenvalue weighted by Crippen LogP contribution is 2.18. The predicted octanol–water partition coefficient (Wildman–Crippen LogP) is 18.4. The summed E-state index contributed by atoms with van der Waals surface area (Å²) in [5.74, 6) is -2.25. The van der Waals surface area contributed by atoms with Crippen molar-refractivity contribution in [2.24, 2.45) is 0 Å².